The van der Waals surface area contributed by atoms with Crippen LogP contribution >= 0.6 is 0 Å². The van der Waals surface area contributed by atoms with Gasteiger partial charge in [0.05, 0.1) is 43.2 Å². The first-order chi connectivity index (χ1) is 16.2. The first-order valence-electron chi connectivity index (χ1n) is 11.0. The number of carbonyl (C=O) groups excluding carboxylic acids is 1. The van der Waals surface area contributed by atoms with Crippen LogP contribution in [-0.4, -0.2) is 68.3 Å². The first kappa shape index (κ1) is 24.0. The van der Waals surface area contributed by atoms with E-state index in [1.54, 1.807) is 47.4 Å². The van der Waals surface area contributed by atoms with Gasteiger partial charge in [0.25, 0.3) is 0 Å². The van der Waals surface area contributed by atoms with Crippen LogP contribution in [-0.2, 0) is 31.7 Å². The summed E-state index contributed by atoms with van der Waals surface area (Å²) >= 11 is 0. The van der Waals surface area contributed by atoms with Crippen molar-refractivity contribution in [2.45, 2.75) is 43.5 Å². The molecule has 0 spiro atoms. The Kier molecular flexibility index (Phi) is 6.81. The van der Waals surface area contributed by atoms with Crippen LogP contribution in [0.3, 0.4) is 0 Å². The van der Waals surface area contributed by atoms with Crippen molar-refractivity contribution in [2.75, 3.05) is 27.3 Å². The van der Waals surface area contributed by atoms with Gasteiger partial charge in [-0.1, -0.05) is 12.1 Å². The smallest absolute Gasteiger partial charge is 0.242 e. The SMILES string of the molecule is COc1cc(CS(=O)(=O)c2nc3ccccc3n2CC(=O)N2C[C@H](C)O[C@@H](C)C2)cc(OC)c1. The molecule has 2 aromatic carbocycles. The number of nitrogens with zero attached hydrogens (tertiary/aromatic N) is 3. The number of ether oxygens (including phenoxy) is 3. The fourth-order valence-corrected chi connectivity index (χ4v) is 5.76. The van der Waals surface area contributed by atoms with Crippen molar-refractivity contribution < 1.29 is 27.4 Å². The van der Waals surface area contributed by atoms with Crippen molar-refractivity contribution in [3.05, 3.63) is 48.0 Å². The molecule has 34 heavy (non-hydrogen) atoms. The van der Waals surface area contributed by atoms with Gasteiger partial charge in [-0.2, -0.15) is 0 Å². The molecular weight excluding hydrogens is 458 g/mol. The normalized spacial score (nSPS) is 18.8. The number of benzene rings is 2. The number of methoxy groups -OCH3 is 2. The second kappa shape index (κ2) is 9.63. The molecule has 0 saturated carbocycles. The average molecular weight is 488 g/mol. The Bertz CT molecular complexity index is 1270. The highest BCUT2D eigenvalue weighted by atomic mass is 32.2. The highest BCUT2D eigenvalue weighted by Gasteiger charge is 2.30. The summed E-state index contributed by atoms with van der Waals surface area (Å²) in [7, 11) is -0.898. The minimum atomic E-state index is -3.91. The lowest BCUT2D eigenvalue weighted by molar-refractivity contribution is -0.143. The minimum absolute atomic E-state index is 0.0847. The Labute approximate surface area is 199 Å². The zero-order valence-corrected chi connectivity index (χ0v) is 20.5. The van der Waals surface area contributed by atoms with E-state index in [1.165, 1.54) is 18.8 Å². The number of morpholine rings is 1. The van der Waals surface area contributed by atoms with Gasteiger partial charge in [0.2, 0.25) is 20.9 Å². The van der Waals surface area contributed by atoms with Crippen LogP contribution in [0.25, 0.3) is 11.0 Å². The zero-order valence-electron chi connectivity index (χ0n) is 19.7. The summed E-state index contributed by atoms with van der Waals surface area (Å²) in [5, 5.41) is -0.141. The maximum absolute atomic E-state index is 13.5. The van der Waals surface area contributed by atoms with Gasteiger partial charge in [0, 0.05) is 19.2 Å². The molecule has 1 amide bonds. The van der Waals surface area contributed by atoms with E-state index in [4.69, 9.17) is 14.2 Å². The van der Waals surface area contributed by atoms with Crippen LogP contribution in [0.15, 0.2) is 47.6 Å². The number of hydrogen-bond donors (Lipinski definition) is 0. The average Bonchev–Trinajstić information content (AvgIpc) is 3.17. The number of rotatable bonds is 7. The topological polar surface area (TPSA) is 100.0 Å². The third-order valence-corrected chi connectivity index (χ3v) is 7.31. The van der Waals surface area contributed by atoms with Crippen molar-refractivity contribution in [3.8, 4) is 11.5 Å². The molecule has 9 nitrogen and oxygen atoms in total. The van der Waals surface area contributed by atoms with Crippen LogP contribution in [0.4, 0.5) is 0 Å². The van der Waals surface area contributed by atoms with E-state index in [1.807, 2.05) is 13.8 Å². The second-order valence-corrected chi connectivity index (χ2v) is 10.4. The summed E-state index contributed by atoms with van der Waals surface area (Å²) in [6.45, 7) is 4.63. The number of imidazole rings is 1. The number of para-hydroxylation sites is 2. The standard InChI is InChI=1S/C24H29N3O6S/c1-16-12-26(13-17(2)33-16)23(28)14-27-22-8-6-5-7-21(22)25-24(27)34(29,30)15-18-9-19(31-3)11-20(10-18)32-4/h5-11,16-17H,12-15H2,1-4H3/t16-,17-/m0/s1. The van der Waals surface area contributed by atoms with Crippen molar-refractivity contribution >= 4 is 26.8 Å². The van der Waals surface area contributed by atoms with Crippen LogP contribution in [0, 0.1) is 0 Å². The molecule has 2 atom stereocenters. The summed E-state index contributed by atoms with van der Waals surface area (Å²) in [5.41, 5.74) is 1.60. The van der Waals surface area contributed by atoms with Gasteiger partial charge in [-0.3, -0.25) is 4.79 Å². The molecule has 1 aliphatic heterocycles. The predicted molar refractivity (Wildman–Crippen MR) is 127 cm³/mol. The van der Waals surface area contributed by atoms with Gasteiger partial charge in [-0.15, -0.1) is 0 Å². The highest BCUT2D eigenvalue weighted by Crippen LogP contribution is 2.27. The summed E-state index contributed by atoms with van der Waals surface area (Å²) in [6, 6.07) is 12.1. The fourth-order valence-electron chi connectivity index (χ4n) is 4.29. The van der Waals surface area contributed by atoms with Crippen molar-refractivity contribution in [1.82, 2.24) is 14.5 Å². The number of fused-ring (bicyclic) bond motifs is 1. The Morgan fingerprint density at radius 2 is 1.68 bits per heavy atom. The van der Waals surface area contributed by atoms with Crippen molar-refractivity contribution in [3.63, 3.8) is 0 Å². The van der Waals surface area contributed by atoms with Crippen molar-refractivity contribution in [1.29, 1.82) is 0 Å². The van der Waals surface area contributed by atoms with Gasteiger partial charge < -0.3 is 23.7 Å². The number of sulfone groups is 1. The van der Waals surface area contributed by atoms with E-state index in [0.717, 1.165) is 0 Å². The predicted octanol–water partition coefficient (Wildman–Crippen LogP) is 2.66. The molecular formula is C24H29N3O6S. The summed E-state index contributed by atoms with van der Waals surface area (Å²) in [4.78, 5) is 19.3. The Hall–Kier alpha value is -3.11. The third-order valence-electron chi connectivity index (χ3n) is 5.73. The number of hydrogen-bond acceptors (Lipinski definition) is 7. The van der Waals surface area contributed by atoms with Gasteiger partial charge in [-0.25, -0.2) is 13.4 Å². The number of carbonyl (C=O) groups is 1. The van der Waals surface area contributed by atoms with Crippen LogP contribution in [0.5, 0.6) is 11.5 Å². The quantitative estimate of drug-likeness (QED) is 0.505. The molecule has 1 aliphatic rings. The summed E-state index contributed by atoms with van der Waals surface area (Å²) in [6.07, 6.45) is -0.169. The van der Waals surface area contributed by atoms with E-state index in [9.17, 15) is 13.2 Å². The van der Waals surface area contributed by atoms with Gasteiger partial charge in [0.1, 0.15) is 18.0 Å². The Morgan fingerprint density at radius 3 is 2.29 bits per heavy atom. The molecule has 0 N–H and O–H groups in total. The molecule has 0 aliphatic carbocycles. The molecule has 0 unspecified atom stereocenters. The van der Waals surface area contributed by atoms with Gasteiger partial charge in [-0.05, 0) is 43.7 Å². The number of amides is 1. The van der Waals surface area contributed by atoms with Crippen LogP contribution in [0.2, 0.25) is 0 Å². The van der Waals surface area contributed by atoms with E-state index in [0.29, 0.717) is 41.2 Å². The molecule has 0 bridgehead atoms. The molecule has 1 fully saturated rings. The van der Waals surface area contributed by atoms with E-state index in [-0.39, 0.29) is 35.6 Å². The summed E-state index contributed by atoms with van der Waals surface area (Å²) < 4.78 is 44.8. The van der Waals surface area contributed by atoms with Gasteiger partial charge >= 0.3 is 0 Å². The zero-order chi connectivity index (χ0) is 24.5. The van der Waals surface area contributed by atoms with Crippen molar-refractivity contribution in [2.24, 2.45) is 0 Å². The molecule has 0 radical (unpaired) electrons. The summed E-state index contributed by atoms with van der Waals surface area (Å²) in [5.74, 6) is 0.487. The Morgan fingerprint density at radius 1 is 1.06 bits per heavy atom. The molecule has 10 heteroatoms. The molecule has 3 aromatic rings. The Balaban J connectivity index is 1.70. The minimum Gasteiger partial charge on any atom is -0.497 e. The van der Waals surface area contributed by atoms with Crippen LogP contribution < -0.4 is 9.47 Å². The lowest BCUT2D eigenvalue weighted by Gasteiger charge is -2.35. The maximum Gasteiger partial charge on any atom is 0.242 e. The molecule has 1 saturated heterocycles. The number of aromatic nitrogens is 2. The monoisotopic (exact) mass is 487 g/mol. The third kappa shape index (κ3) is 5.02. The van der Waals surface area contributed by atoms with Gasteiger partial charge in [0.15, 0.2) is 0 Å². The lowest BCUT2D eigenvalue weighted by atomic mass is 10.2. The molecule has 1 aromatic heterocycles. The highest BCUT2D eigenvalue weighted by molar-refractivity contribution is 7.90. The second-order valence-electron chi connectivity index (χ2n) is 8.51. The molecule has 4 rings (SSSR count). The lowest BCUT2D eigenvalue weighted by Crippen LogP contribution is -2.49. The maximum atomic E-state index is 13.5. The van der Waals surface area contributed by atoms with E-state index >= 15 is 0 Å². The largest absolute Gasteiger partial charge is 0.497 e. The van der Waals surface area contributed by atoms with Crippen LogP contribution in [0.1, 0.15) is 19.4 Å². The fraction of sp³-hybridized carbons (Fsp3) is 0.417. The van der Waals surface area contributed by atoms with E-state index < -0.39 is 9.84 Å². The molecule has 182 valence electrons. The first-order valence-corrected chi connectivity index (χ1v) is 12.7. The molecule has 2 heterocycles. The van der Waals surface area contributed by atoms with E-state index in [2.05, 4.69) is 4.98 Å².